The van der Waals surface area contributed by atoms with Gasteiger partial charge in [0.1, 0.15) is 5.60 Å². The van der Waals surface area contributed by atoms with E-state index in [0.717, 1.165) is 6.42 Å². The van der Waals surface area contributed by atoms with Crippen LogP contribution < -0.4 is 5.73 Å². The van der Waals surface area contributed by atoms with Gasteiger partial charge in [0.05, 0.1) is 12.5 Å². The van der Waals surface area contributed by atoms with E-state index in [9.17, 15) is 9.59 Å². The summed E-state index contributed by atoms with van der Waals surface area (Å²) in [4.78, 5) is 25.7. The number of amides is 1. The van der Waals surface area contributed by atoms with E-state index in [1.54, 1.807) is 4.90 Å². The van der Waals surface area contributed by atoms with Crippen molar-refractivity contribution in [2.45, 2.75) is 39.2 Å². The number of likely N-dealkylation sites (tertiary alicyclic amines) is 1. The molecular formula is C14H24N2O4. The molecule has 6 nitrogen and oxygen atoms in total. The number of hydrogen-bond donors (Lipinski definition) is 1. The fourth-order valence-electron chi connectivity index (χ4n) is 3.28. The number of rotatable bonds is 2. The van der Waals surface area contributed by atoms with E-state index in [2.05, 4.69) is 0 Å². The minimum Gasteiger partial charge on any atom is -0.469 e. The molecule has 2 aliphatic rings. The quantitative estimate of drug-likeness (QED) is 0.769. The number of esters is 1. The Hall–Kier alpha value is -1.30. The van der Waals surface area contributed by atoms with Crippen molar-refractivity contribution in [2.24, 2.45) is 16.6 Å². The Kier molecular flexibility index (Phi) is 3.48. The summed E-state index contributed by atoms with van der Waals surface area (Å²) in [6.45, 7) is 6.91. The largest absolute Gasteiger partial charge is 0.469 e. The van der Waals surface area contributed by atoms with Crippen molar-refractivity contribution in [1.82, 2.24) is 4.90 Å². The first-order chi connectivity index (χ1) is 9.20. The SMILES string of the molecule is COC(=O)[C@]1(CN)C[C@@]12CCN(C(=O)OC(C)(C)C)C2. The minimum absolute atomic E-state index is 0.217. The summed E-state index contributed by atoms with van der Waals surface area (Å²) in [5.41, 5.74) is 4.45. The average molecular weight is 284 g/mol. The Morgan fingerprint density at radius 3 is 2.50 bits per heavy atom. The van der Waals surface area contributed by atoms with Crippen LogP contribution in [0.1, 0.15) is 33.6 Å². The lowest BCUT2D eigenvalue weighted by Gasteiger charge is -2.25. The second-order valence-corrected chi connectivity index (χ2v) is 6.89. The van der Waals surface area contributed by atoms with Crippen molar-refractivity contribution in [3.63, 3.8) is 0 Å². The van der Waals surface area contributed by atoms with Crippen LogP contribution in [0.5, 0.6) is 0 Å². The molecule has 1 amide bonds. The molecule has 2 N–H and O–H groups in total. The van der Waals surface area contributed by atoms with Gasteiger partial charge in [-0.2, -0.15) is 0 Å². The Labute approximate surface area is 119 Å². The van der Waals surface area contributed by atoms with E-state index in [4.69, 9.17) is 15.2 Å². The summed E-state index contributed by atoms with van der Waals surface area (Å²) >= 11 is 0. The van der Waals surface area contributed by atoms with Gasteiger partial charge in [0.2, 0.25) is 0 Å². The summed E-state index contributed by atoms with van der Waals surface area (Å²) in [5.74, 6) is -0.258. The van der Waals surface area contributed by atoms with Gasteiger partial charge >= 0.3 is 12.1 Å². The molecule has 1 heterocycles. The summed E-state index contributed by atoms with van der Waals surface area (Å²) in [6.07, 6.45) is 1.15. The average Bonchev–Trinajstić information content (AvgIpc) is 2.77. The van der Waals surface area contributed by atoms with Gasteiger partial charge in [-0.05, 0) is 33.6 Å². The van der Waals surface area contributed by atoms with Crippen LogP contribution in [0.25, 0.3) is 0 Å². The molecule has 1 aliphatic carbocycles. The van der Waals surface area contributed by atoms with E-state index in [1.807, 2.05) is 20.8 Å². The normalized spacial score (nSPS) is 32.4. The van der Waals surface area contributed by atoms with E-state index in [-0.39, 0.29) is 24.0 Å². The molecule has 20 heavy (non-hydrogen) atoms. The van der Waals surface area contributed by atoms with Crippen molar-refractivity contribution in [3.05, 3.63) is 0 Å². The van der Waals surface area contributed by atoms with Gasteiger partial charge in [-0.3, -0.25) is 4.79 Å². The predicted octanol–water partition coefficient (Wildman–Crippen LogP) is 1.14. The third kappa shape index (κ3) is 2.26. The van der Waals surface area contributed by atoms with Gasteiger partial charge < -0.3 is 20.1 Å². The van der Waals surface area contributed by atoms with Crippen LogP contribution in [0.4, 0.5) is 4.79 Å². The van der Waals surface area contributed by atoms with E-state index < -0.39 is 11.0 Å². The molecule has 2 rings (SSSR count). The maximum atomic E-state index is 12.1. The third-order valence-electron chi connectivity index (χ3n) is 4.46. The van der Waals surface area contributed by atoms with Gasteiger partial charge in [-0.15, -0.1) is 0 Å². The molecule has 1 saturated heterocycles. The maximum Gasteiger partial charge on any atom is 0.410 e. The van der Waals surface area contributed by atoms with Gasteiger partial charge in [-0.1, -0.05) is 0 Å². The molecule has 1 saturated carbocycles. The fraction of sp³-hybridized carbons (Fsp3) is 0.857. The van der Waals surface area contributed by atoms with Crippen LogP contribution in [-0.4, -0.2) is 49.3 Å². The molecular weight excluding hydrogens is 260 g/mol. The Balaban J connectivity index is 2.04. The number of methoxy groups -OCH3 is 1. The Morgan fingerprint density at radius 1 is 1.35 bits per heavy atom. The fourth-order valence-corrected chi connectivity index (χ4v) is 3.28. The Morgan fingerprint density at radius 2 is 2.00 bits per heavy atom. The molecule has 2 fully saturated rings. The number of carbonyl (C=O) groups excluding carboxylic acids is 2. The summed E-state index contributed by atoms with van der Waals surface area (Å²) < 4.78 is 10.2. The van der Waals surface area contributed by atoms with Gasteiger partial charge in [0.15, 0.2) is 0 Å². The number of nitrogens with two attached hydrogens (primary N) is 1. The van der Waals surface area contributed by atoms with Crippen molar-refractivity contribution in [1.29, 1.82) is 0 Å². The van der Waals surface area contributed by atoms with Gasteiger partial charge in [0.25, 0.3) is 0 Å². The number of nitrogens with zero attached hydrogens (tertiary/aromatic N) is 1. The third-order valence-corrected chi connectivity index (χ3v) is 4.46. The lowest BCUT2D eigenvalue weighted by molar-refractivity contribution is -0.148. The number of ether oxygens (including phenoxy) is 2. The molecule has 0 aromatic carbocycles. The zero-order chi connectivity index (χ0) is 15.2. The molecule has 1 spiro atoms. The Bertz CT molecular complexity index is 431. The van der Waals surface area contributed by atoms with E-state index >= 15 is 0 Å². The predicted molar refractivity (Wildman–Crippen MR) is 73.0 cm³/mol. The van der Waals surface area contributed by atoms with Gasteiger partial charge in [-0.25, -0.2) is 4.79 Å². The second-order valence-electron chi connectivity index (χ2n) is 6.89. The molecule has 0 aromatic rings. The lowest BCUT2D eigenvalue weighted by atomic mass is 9.92. The van der Waals surface area contributed by atoms with Crippen LogP contribution >= 0.6 is 0 Å². The van der Waals surface area contributed by atoms with Crippen LogP contribution in [0.2, 0.25) is 0 Å². The van der Waals surface area contributed by atoms with Crippen LogP contribution in [0.3, 0.4) is 0 Å². The summed E-state index contributed by atoms with van der Waals surface area (Å²) in [7, 11) is 1.38. The van der Waals surface area contributed by atoms with Gasteiger partial charge in [0, 0.05) is 25.0 Å². The molecule has 2 atom stereocenters. The number of hydrogen-bond acceptors (Lipinski definition) is 5. The van der Waals surface area contributed by atoms with Crippen LogP contribution in [0, 0.1) is 10.8 Å². The van der Waals surface area contributed by atoms with E-state index in [0.29, 0.717) is 19.5 Å². The molecule has 6 heteroatoms. The second kappa shape index (κ2) is 4.62. The van der Waals surface area contributed by atoms with Crippen LogP contribution in [0.15, 0.2) is 0 Å². The maximum absolute atomic E-state index is 12.1. The molecule has 1 aliphatic heterocycles. The summed E-state index contributed by atoms with van der Waals surface area (Å²) in [5, 5.41) is 0. The topological polar surface area (TPSA) is 81.9 Å². The molecule has 0 aromatic heterocycles. The first kappa shape index (κ1) is 15.1. The highest BCUT2D eigenvalue weighted by atomic mass is 16.6. The molecule has 0 bridgehead atoms. The first-order valence-corrected chi connectivity index (χ1v) is 6.96. The van der Waals surface area contributed by atoms with Crippen molar-refractivity contribution >= 4 is 12.1 Å². The first-order valence-electron chi connectivity index (χ1n) is 6.96. The molecule has 0 unspecified atom stereocenters. The van der Waals surface area contributed by atoms with Crippen molar-refractivity contribution < 1.29 is 19.1 Å². The zero-order valence-corrected chi connectivity index (χ0v) is 12.7. The molecule has 0 radical (unpaired) electrons. The summed E-state index contributed by atoms with van der Waals surface area (Å²) in [6, 6.07) is 0. The number of carbonyl (C=O) groups is 2. The van der Waals surface area contributed by atoms with E-state index in [1.165, 1.54) is 7.11 Å². The van der Waals surface area contributed by atoms with Crippen LogP contribution in [-0.2, 0) is 14.3 Å². The molecule has 114 valence electrons. The standard InChI is InChI=1S/C14H24N2O4/c1-12(2,3)20-11(18)16-6-5-13(9-16)7-14(13,8-15)10(17)19-4/h5-9,15H2,1-4H3/t13-,14-/m1/s1. The minimum atomic E-state index is -0.613. The lowest BCUT2D eigenvalue weighted by Crippen LogP contribution is -2.37. The smallest absolute Gasteiger partial charge is 0.410 e. The highest BCUT2D eigenvalue weighted by Crippen LogP contribution is 2.68. The highest BCUT2D eigenvalue weighted by Gasteiger charge is 2.73. The zero-order valence-electron chi connectivity index (χ0n) is 12.7. The van der Waals surface area contributed by atoms with Crippen molar-refractivity contribution in [2.75, 3.05) is 26.7 Å². The monoisotopic (exact) mass is 284 g/mol. The van der Waals surface area contributed by atoms with Crippen molar-refractivity contribution in [3.8, 4) is 0 Å². The highest BCUT2D eigenvalue weighted by molar-refractivity contribution is 5.83.